The Bertz CT molecular complexity index is 945. The van der Waals surface area contributed by atoms with E-state index in [1.807, 2.05) is 69.3 Å². The summed E-state index contributed by atoms with van der Waals surface area (Å²) in [6.07, 6.45) is 0. The van der Waals surface area contributed by atoms with E-state index in [4.69, 9.17) is 0 Å². The summed E-state index contributed by atoms with van der Waals surface area (Å²) in [6, 6.07) is 22.1. The fourth-order valence-corrected chi connectivity index (χ4v) is 2.78. The van der Waals surface area contributed by atoms with Crippen molar-refractivity contribution in [2.75, 3.05) is 0 Å². The highest BCUT2D eigenvalue weighted by Gasteiger charge is 2.16. The number of hydrogen-bond acceptors (Lipinski definition) is 2. The molecule has 0 saturated heterocycles. The predicted octanol–water partition coefficient (Wildman–Crippen LogP) is 4.72. The van der Waals surface area contributed by atoms with Gasteiger partial charge in [0.25, 0.3) is 0 Å². The van der Waals surface area contributed by atoms with Crippen molar-refractivity contribution < 1.29 is 9.90 Å². The fourth-order valence-electron chi connectivity index (χ4n) is 2.78. The van der Waals surface area contributed by atoms with E-state index >= 15 is 0 Å². The first-order chi connectivity index (χ1) is 12.5. The highest BCUT2D eigenvalue weighted by molar-refractivity contribution is 6.33. The van der Waals surface area contributed by atoms with E-state index in [1.165, 1.54) is 0 Å². The number of aryl methyl sites for hydroxylation is 3. The average molecular weight is 341 g/mol. The van der Waals surface area contributed by atoms with E-state index in [0.29, 0.717) is 16.7 Å². The molecule has 0 atom stereocenters. The Balaban J connectivity index is 2.17. The Morgan fingerprint density at radius 1 is 0.577 bits per heavy atom. The molecule has 0 radical (unpaired) electrons. The summed E-state index contributed by atoms with van der Waals surface area (Å²) in [5.74, 6) is -0.501. The van der Waals surface area contributed by atoms with E-state index in [2.05, 4.69) is 0 Å². The Kier molecular flexibility index (Phi) is 5.04. The molecule has 2 nitrogen and oxygen atoms in total. The first-order valence-corrected chi connectivity index (χ1v) is 8.62. The predicted molar refractivity (Wildman–Crippen MR) is 105 cm³/mol. The number of rotatable bonds is 4. The Morgan fingerprint density at radius 2 is 0.923 bits per heavy atom. The van der Waals surface area contributed by atoms with Gasteiger partial charge in [-0.05, 0) is 31.9 Å². The molecule has 0 unspecified atom stereocenters. The molecule has 0 spiro atoms. The van der Waals surface area contributed by atoms with E-state index in [0.717, 1.165) is 16.7 Å². The Hall–Kier alpha value is -3.13. The van der Waals surface area contributed by atoms with Crippen LogP contribution in [0.15, 0.2) is 72.8 Å². The summed E-state index contributed by atoms with van der Waals surface area (Å²) in [6.45, 7) is 5.92. The molecular formula is C24H21O2-. The third kappa shape index (κ3) is 3.75. The van der Waals surface area contributed by atoms with Crippen molar-refractivity contribution in [3.8, 4) is 0 Å². The van der Waals surface area contributed by atoms with Crippen LogP contribution in [0.3, 0.4) is 0 Å². The zero-order valence-electron chi connectivity index (χ0n) is 15.2. The molecular weight excluding hydrogens is 320 g/mol. The van der Waals surface area contributed by atoms with Gasteiger partial charge in [-0.25, -0.2) is 0 Å². The number of ketones is 1. The average Bonchev–Trinajstić information content (AvgIpc) is 2.64. The van der Waals surface area contributed by atoms with Crippen LogP contribution in [0.4, 0.5) is 0 Å². The molecule has 0 bridgehead atoms. The summed E-state index contributed by atoms with van der Waals surface area (Å²) < 4.78 is 0. The molecule has 0 aromatic heterocycles. The van der Waals surface area contributed by atoms with Gasteiger partial charge >= 0.3 is 0 Å². The maximum Gasteiger partial charge on any atom is 0.193 e. The first kappa shape index (κ1) is 17.7. The lowest BCUT2D eigenvalue weighted by Gasteiger charge is -2.20. The van der Waals surface area contributed by atoms with Crippen LogP contribution in [0, 0.1) is 20.8 Å². The molecule has 2 heteroatoms. The minimum absolute atomic E-state index is 0.206. The monoisotopic (exact) mass is 341 g/mol. The summed E-state index contributed by atoms with van der Waals surface area (Å²) in [4.78, 5) is 13.2. The van der Waals surface area contributed by atoms with Gasteiger partial charge in [-0.2, -0.15) is 0 Å². The Labute approximate surface area is 154 Å². The van der Waals surface area contributed by atoms with E-state index < -0.39 is 0 Å². The fraction of sp³-hybridized carbons (Fsp3) is 0.125. The maximum atomic E-state index is 13.2. The van der Waals surface area contributed by atoms with E-state index in [-0.39, 0.29) is 17.1 Å². The molecule has 130 valence electrons. The number of Topliss-reactive ketones (excluding diaryl/α,β-unsaturated/α-hetero) is 1. The van der Waals surface area contributed by atoms with Crippen LogP contribution in [0.25, 0.3) is 11.3 Å². The molecule has 0 aliphatic rings. The molecule has 0 heterocycles. The standard InChI is InChI=1S/C24H22O2/c1-16-4-10-19(11-5-16)22(23(25)20-12-6-17(2)7-13-20)24(26)21-14-8-18(3)9-15-21/h4-15,25H,1-3H3/p-1/b23-22-. The highest BCUT2D eigenvalue weighted by Crippen LogP contribution is 2.27. The maximum absolute atomic E-state index is 13.2. The smallest absolute Gasteiger partial charge is 0.193 e. The lowest BCUT2D eigenvalue weighted by molar-refractivity contribution is -0.242. The molecule has 3 rings (SSSR count). The number of carbonyl (C=O) groups excluding carboxylic acids is 1. The van der Waals surface area contributed by atoms with Crippen LogP contribution in [0.1, 0.15) is 38.2 Å². The zero-order valence-corrected chi connectivity index (χ0v) is 15.2. The van der Waals surface area contributed by atoms with Crippen LogP contribution in [0.5, 0.6) is 0 Å². The topological polar surface area (TPSA) is 40.1 Å². The van der Waals surface area contributed by atoms with Crippen LogP contribution in [-0.4, -0.2) is 5.78 Å². The summed E-state index contributed by atoms with van der Waals surface area (Å²) >= 11 is 0. The van der Waals surface area contributed by atoms with Gasteiger partial charge in [0, 0.05) is 11.1 Å². The molecule has 3 aromatic carbocycles. The van der Waals surface area contributed by atoms with Crippen molar-refractivity contribution in [3.05, 3.63) is 106 Å². The van der Waals surface area contributed by atoms with Crippen LogP contribution >= 0.6 is 0 Å². The quantitative estimate of drug-likeness (QED) is 0.298. The second-order valence-corrected chi connectivity index (χ2v) is 6.63. The van der Waals surface area contributed by atoms with Crippen LogP contribution in [0.2, 0.25) is 0 Å². The first-order valence-electron chi connectivity index (χ1n) is 8.62. The summed E-state index contributed by atoms with van der Waals surface area (Å²) in [5, 5.41) is 13.2. The van der Waals surface area contributed by atoms with Crippen molar-refractivity contribution in [3.63, 3.8) is 0 Å². The van der Waals surface area contributed by atoms with Crippen LogP contribution < -0.4 is 5.11 Å². The third-order valence-electron chi connectivity index (χ3n) is 4.42. The molecule has 0 aliphatic carbocycles. The van der Waals surface area contributed by atoms with Crippen LogP contribution in [-0.2, 0) is 0 Å². The lowest BCUT2D eigenvalue weighted by Crippen LogP contribution is -2.13. The van der Waals surface area contributed by atoms with Crippen molar-refractivity contribution in [2.24, 2.45) is 0 Å². The van der Waals surface area contributed by atoms with Gasteiger partial charge in [-0.15, -0.1) is 0 Å². The summed E-state index contributed by atoms with van der Waals surface area (Å²) in [7, 11) is 0. The van der Waals surface area contributed by atoms with E-state index in [9.17, 15) is 9.90 Å². The minimum atomic E-state index is -0.251. The van der Waals surface area contributed by atoms with Crippen molar-refractivity contribution in [1.82, 2.24) is 0 Å². The second-order valence-electron chi connectivity index (χ2n) is 6.63. The normalized spacial score (nSPS) is 11.8. The van der Waals surface area contributed by atoms with Gasteiger partial charge in [0.05, 0.1) is 0 Å². The minimum Gasteiger partial charge on any atom is -0.872 e. The summed E-state index contributed by atoms with van der Waals surface area (Å²) in [5.41, 5.74) is 5.12. The molecule has 3 aromatic rings. The number of hydrogen-bond donors (Lipinski definition) is 0. The SMILES string of the molecule is Cc1ccc(C(=O)/C(=C(\[O-])c2ccc(C)cc2)c2ccc(C)cc2)cc1. The van der Waals surface area contributed by atoms with Gasteiger partial charge < -0.3 is 5.11 Å². The molecule has 0 saturated carbocycles. The van der Waals surface area contributed by atoms with Gasteiger partial charge in [-0.1, -0.05) is 95.2 Å². The number of allylic oxidation sites excluding steroid dienone is 1. The third-order valence-corrected chi connectivity index (χ3v) is 4.42. The molecule has 0 N–H and O–H groups in total. The largest absolute Gasteiger partial charge is 0.872 e. The van der Waals surface area contributed by atoms with Crippen molar-refractivity contribution in [2.45, 2.75) is 20.8 Å². The van der Waals surface area contributed by atoms with Crippen molar-refractivity contribution >= 4 is 17.1 Å². The highest BCUT2D eigenvalue weighted by atomic mass is 16.3. The molecule has 26 heavy (non-hydrogen) atoms. The van der Waals surface area contributed by atoms with Gasteiger partial charge in [0.2, 0.25) is 0 Å². The van der Waals surface area contributed by atoms with Gasteiger partial charge in [-0.3, -0.25) is 4.79 Å². The number of benzene rings is 3. The number of carbonyl (C=O) groups is 1. The van der Waals surface area contributed by atoms with E-state index in [1.54, 1.807) is 24.3 Å². The Morgan fingerprint density at radius 3 is 1.35 bits per heavy atom. The molecule has 0 amide bonds. The van der Waals surface area contributed by atoms with Crippen molar-refractivity contribution in [1.29, 1.82) is 0 Å². The molecule has 0 aliphatic heterocycles. The molecule has 0 fully saturated rings. The van der Waals surface area contributed by atoms with Gasteiger partial charge in [0.1, 0.15) is 0 Å². The zero-order chi connectivity index (χ0) is 18.7. The van der Waals surface area contributed by atoms with Gasteiger partial charge in [0.15, 0.2) is 5.78 Å². The lowest BCUT2D eigenvalue weighted by atomic mass is 9.92. The second kappa shape index (κ2) is 7.40.